The standard InChI is InChI=1S/C25H25BrN2O4S/c1-13(27-24(30)32-25(2,3)4)14-6-8-15(9-7-14)19-18(31-5)12-17(26)21-20(19)16-10-11-33-22(16)23(29)28-21/h6-13H,1-5H3,(H,27,30)(H,28,29)/t13-/m1/s1. The minimum Gasteiger partial charge on any atom is -0.496 e. The van der Waals surface area contributed by atoms with Gasteiger partial charge in [-0.2, -0.15) is 0 Å². The molecule has 1 atom stereocenters. The second kappa shape index (κ2) is 8.83. The Hall–Kier alpha value is -2.84. The van der Waals surface area contributed by atoms with Crippen molar-refractivity contribution < 1.29 is 14.3 Å². The van der Waals surface area contributed by atoms with E-state index >= 15 is 0 Å². The number of thiophene rings is 1. The lowest BCUT2D eigenvalue weighted by Gasteiger charge is -2.22. The molecule has 0 saturated heterocycles. The van der Waals surface area contributed by atoms with Crippen molar-refractivity contribution >= 4 is 54.3 Å². The first-order valence-electron chi connectivity index (χ1n) is 10.5. The molecule has 0 aliphatic rings. The molecule has 0 bridgehead atoms. The minimum atomic E-state index is -0.555. The highest BCUT2D eigenvalue weighted by atomic mass is 79.9. The van der Waals surface area contributed by atoms with Gasteiger partial charge in [0.15, 0.2) is 0 Å². The summed E-state index contributed by atoms with van der Waals surface area (Å²) in [6.07, 6.45) is -0.455. The van der Waals surface area contributed by atoms with Gasteiger partial charge in [0.2, 0.25) is 0 Å². The van der Waals surface area contributed by atoms with E-state index in [-0.39, 0.29) is 11.6 Å². The van der Waals surface area contributed by atoms with Gasteiger partial charge in [-0.05, 0) is 72.3 Å². The number of halogens is 1. The van der Waals surface area contributed by atoms with E-state index < -0.39 is 11.7 Å². The number of H-pyrrole nitrogens is 1. The molecule has 1 amide bonds. The second-order valence-electron chi connectivity index (χ2n) is 8.79. The van der Waals surface area contributed by atoms with Crippen molar-refractivity contribution in [2.24, 2.45) is 0 Å². The quantitative estimate of drug-likeness (QED) is 0.306. The number of alkyl carbamates (subject to hydrolysis) is 1. The SMILES string of the molecule is COc1cc(Br)c2[nH]c(=O)c3sccc3c2c1-c1ccc([C@@H](C)NC(=O)OC(C)(C)C)cc1. The number of ether oxygens (including phenoxy) is 2. The summed E-state index contributed by atoms with van der Waals surface area (Å²) in [6, 6.07) is 11.6. The molecular weight excluding hydrogens is 504 g/mol. The molecule has 2 heterocycles. The second-order valence-corrected chi connectivity index (χ2v) is 10.6. The maximum absolute atomic E-state index is 12.6. The molecule has 0 spiro atoms. The van der Waals surface area contributed by atoms with Crippen molar-refractivity contribution in [1.29, 1.82) is 0 Å². The molecule has 0 radical (unpaired) electrons. The van der Waals surface area contributed by atoms with Crippen molar-refractivity contribution in [2.45, 2.75) is 39.3 Å². The molecule has 0 fully saturated rings. The number of carbonyl (C=O) groups is 1. The van der Waals surface area contributed by atoms with Crippen LogP contribution in [0.15, 0.2) is 51.0 Å². The zero-order valence-corrected chi connectivity index (χ0v) is 21.4. The Kier molecular flexibility index (Phi) is 6.24. The minimum absolute atomic E-state index is 0.110. The molecule has 0 aliphatic carbocycles. The van der Waals surface area contributed by atoms with Crippen molar-refractivity contribution in [2.75, 3.05) is 7.11 Å². The molecule has 6 nitrogen and oxygen atoms in total. The molecule has 0 unspecified atom stereocenters. The van der Waals surface area contributed by atoms with E-state index in [4.69, 9.17) is 9.47 Å². The number of rotatable bonds is 4. The molecule has 0 saturated carbocycles. The highest BCUT2D eigenvalue weighted by Gasteiger charge is 2.20. The molecule has 33 heavy (non-hydrogen) atoms. The van der Waals surface area contributed by atoms with Crippen LogP contribution in [-0.2, 0) is 4.74 Å². The summed E-state index contributed by atoms with van der Waals surface area (Å²) in [4.78, 5) is 27.7. The van der Waals surface area contributed by atoms with Crippen LogP contribution < -0.4 is 15.6 Å². The Balaban J connectivity index is 1.78. The van der Waals surface area contributed by atoms with Gasteiger partial charge in [-0.3, -0.25) is 4.79 Å². The first kappa shape index (κ1) is 23.3. The summed E-state index contributed by atoms with van der Waals surface area (Å²) < 4.78 is 12.5. The van der Waals surface area contributed by atoms with Crippen LogP contribution in [0, 0.1) is 0 Å². The first-order valence-corrected chi connectivity index (χ1v) is 12.2. The Morgan fingerprint density at radius 1 is 1.18 bits per heavy atom. The number of amides is 1. The van der Waals surface area contributed by atoms with E-state index in [1.165, 1.54) is 11.3 Å². The van der Waals surface area contributed by atoms with Gasteiger partial charge in [-0.1, -0.05) is 24.3 Å². The van der Waals surface area contributed by atoms with Crippen LogP contribution in [0.25, 0.3) is 32.1 Å². The Labute approximate surface area is 204 Å². The van der Waals surface area contributed by atoms with Crippen molar-refractivity contribution in [3.63, 3.8) is 0 Å². The zero-order valence-electron chi connectivity index (χ0n) is 19.0. The van der Waals surface area contributed by atoms with Crippen LogP contribution in [0.2, 0.25) is 0 Å². The summed E-state index contributed by atoms with van der Waals surface area (Å²) in [5.74, 6) is 0.696. The number of hydrogen-bond acceptors (Lipinski definition) is 5. The van der Waals surface area contributed by atoms with Gasteiger partial charge < -0.3 is 19.8 Å². The van der Waals surface area contributed by atoms with Crippen molar-refractivity contribution in [1.82, 2.24) is 10.3 Å². The lowest BCUT2D eigenvalue weighted by molar-refractivity contribution is 0.0508. The molecule has 172 valence electrons. The molecule has 8 heteroatoms. The lowest BCUT2D eigenvalue weighted by Crippen LogP contribution is -2.34. The monoisotopic (exact) mass is 528 g/mol. The highest BCUT2D eigenvalue weighted by molar-refractivity contribution is 9.10. The van der Waals surface area contributed by atoms with Crippen LogP contribution in [0.4, 0.5) is 4.79 Å². The lowest BCUT2D eigenvalue weighted by atomic mass is 9.95. The Morgan fingerprint density at radius 2 is 1.88 bits per heavy atom. The molecule has 2 aromatic carbocycles. The predicted molar refractivity (Wildman–Crippen MR) is 137 cm³/mol. The number of pyridine rings is 1. The van der Waals surface area contributed by atoms with Gasteiger partial charge in [0.25, 0.3) is 5.56 Å². The van der Waals surface area contributed by atoms with Gasteiger partial charge in [-0.25, -0.2) is 4.79 Å². The number of aromatic nitrogens is 1. The number of aromatic amines is 1. The third kappa shape index (κ3) is 4.63. The molecule has 2 N–H and O–H groups in total. The maximum Gasteiger partial charge on any atom is 0.408 e. The summed E-state index contributed by atoms with van der Waals surface area (Å²) in [5.41, 5.74) is 2.85. The fraction of sp³-hybridized carbons (Fsp3) is 0.280. The Bertz CT molecular complexity index is 1400. The molecule has 2 aromatic heterocycles. The molecule has 0 aliphatic heterocycles. The topological polar surface area (TPSA) is 80.4 Å². The van der Waals surface area contributed by atoms with Gasteiger partial charge in [-0.15, -0.1) is 11.3 Å². The smallest absolute Gasteiger partial charge is 0.408 e. The largest absolute Gasteiger partial charge is 0.496 e. The third-order valence-electron chi connectivity index (χ3n) is 5.27. The van der Waals surface area contributed by atoms with Crippen LogP contribution in [0.5, 0.6) is 5.75 Å². The fourth-order valence-corrected chi connectivity index (χ4v) is 5.13. The van der Waals surface area contributed by atoms with E-state index in [9.17, 15) is 9.59 Å². The third-order valence-corrected chi connectivity index (χ3v) is 6.81. The number of hydrogen-bond donors (Lipinski definition) is 2. The van der Waals surface area contributed by atoms with Crippen molar-refractivity contribution in [3.8, 4) is 16.9 Å². The fourth-order valence-electron chi connectivity index (χ4n) is 3.82. The average molecular weight is 529 g/mol. The van der Waals surface area contributed by atoms with Crippen LogP contribution >= 0.6 is 27.3 Å². The van der Waals surface area contributed by atoms with E-state index in [1.54, 1.807) is 7.11 Å². The maximum atomic E-state index is 12.6. The summed E-state index contributed by atoms with van der Waals surface area (Å²) in [7, 11) is 1.63. The van der Waals surface area contributed by atoms with Gasteiger partial charge in [0.05, 0.1) is 18.7 Å². The van der Waals surface area contributed by atoms with E-state index in [1.807, 2.05) is 69.5 Å². The van der Waals surface area contributed by atoms with Gasteiger partial charge >= 0.3 is 6.09 Å². The summed E-state index contributed by atoms with van der Waals surface area (Å²) in [6.45, 7) is 7.41. The zero-order chi connectivity index (χ0) is 23.9. The summed E-state index contributed by atoms with van der Waals surface area (Å²) >= 11 is 4.99. The van der Waals surface area contributed by atoms with Gasteiger partial charge in [0, 0.05) is 20.8 Å². The normalized spacial score (nSPS) is 12.7. The number of carbonyl (C=O) groups excluding carboxylic acids is 1. The van der Waals surface area contributed by atoms with E-state index in [0.717, 1.165) is 37.5 Å². The van der Waals surface area contributed by atoms with Crippen LogP contribution in [-0.4, -0.2) is 23.8 Å². The number of nitrogens with one attached hydrogen (secondary N) is 2. The highest BCUT2D eigenvalue weighted by Crippen LogP contribution is 2.43. The number of fused-ring (bicyclic) bond motifs is 3. The molecular formula is C25H25BrN2O4S. The summed E-state index contributed by atoms with van der Waals surface area (Å²) in [5, 5.41) is 6.60. The molecule has 4 aromatic rings. The van der Waals surface area contributed by atoms with E-state index in [0.29, 0.717) is 10.4 Å². The van der Waals surface area contributed by atoms with Crippen LogP contribution in [0.3, 0.4) is 0 Å². The van der Waals surface area contributed by atoms with Gasteiger partial charge in [0.1, 0.15) is 16.1 Å². The average Bonchev–Trinajstić information content (AvgIpc) is 3.23. The molecule has 4 rings (SSSR count). The number of methoxy groups -OCH3 is 1. The van der Waals surface area contributed by atoms with E-state index in [2.05, 4.69) is 26.2 Å². The first-order chi connectivity index (χ1) is 15.6. The predicted octanol–water partition coefficient (Wildman–Crippen LogP) is 6.77. The van der Waals surface area contributed by atoms with Crippen LogP contribution in [0.1, 0.15) is 39.3 Å². The number of benzene rings is 2. The Morgan fingerprint density at radius 3 is 2.52 bits per heavy atom. The van der Waals surface area contributed by atoms with Crippen molar-refractivity contribution in [3.05, 3.63) is 62.2 Å².